The maximum Gasteiger partial charge on any atom is 0.251 e. The number of benzene rings is 1. The number of amides is 2. The fraction of sp³-hybridized carbons (Fsp3) is 0.556. The van der Waals surface area contributed by atoms with Crippen LogP contribution < -0.4 is 16.4 Å². The zero-order chi connectivity index (χ0) is 17.2. The highest BCUT2D eigenvalue weighted by Crippen LogP contribution is 2.06. The molecule has 1 rings (SSSR count). The second kappa shape index (κ2) is 11.9. The Labute approximate surface area is 151 Å². The monoisotopic (exact) mass is 355 g/mol. The zero-order valence-corrected chi connectivity index (χ0v) is 15.6. The SMILES string of the molecule is CCCCNC(=O)c1ccc(CNC(=O)[C@@H](N)CC(C)C)cc1.Cl. The molecular weight excluding hydrogens is 326 g/mol. The molecule has 0 bridgehead atoms. The van der Waals surface area contributed by atoms with Crippen molar-refractivity contribution in [1.29, 1.82) is 0 Å². The van der Waals surface area contributed by atoms with Gasteiger partial charge in [0.05, 0.1) is 6.04 Å². The molecule has 24 heavy (non-hydrogen) atoms. The normalized spacial score (nSPS) is 11.5. The minimum atomic E-state index is -0.474. The van der Waals surface area contributed by atoms with E-state index in [1.54, 1.807) is 12.1 Å². The Balaban J connectivity index is 0.00000529. The van der Waals surface area contributed by atoms with Gasteiger partial charge in [-0.1, -0.05) is 39.3 Å². The molecule has 0 unspecified atom stereocenters. The number of carbonyl (C=O) groups excluding carboxylic acids is 2. The van der Waals surface area contributed by atoms with Gasteiger partial charge in [-0.25, -0.2) is 0 Å². The molecule has 6 heteroatoms. The molecule has 0 saturated carbocycles. The summed E-state index contributed by atoms with van der Waals surface area (Å²) in [6.45, 7) is 7.28. The van der Waals surface area contributed by atoms with Crippen molar-refractivity contribution < 1.29 is 9.59 Å². The van der Waals surface area contributed by atoms with Crippen molar-refractivity contribution in [2.45, 2.75) is 52.6 Å². The van der Waals surface area contributed by atoms with E-state index in [4.69, 9.17) is 5.73 Å². The lowest BCUT2D eigenvalue weighted by atomic mass is 10.0. The summed E-state index contributed by atoms with van der Waals surface area (Å²) in [7, 11) is 0. The number of carbonyl (C=O) groups is 2. The summed E-state index contributed by atoms with van der Waals surface area (Å²) >= 11 is 0. The van der Waals surface area contributed by atoms with Gasteiger partial charge < -0.3 is 16.4 Å². The summed E-state index contributed by atoms with van der Waals surface area (Å²) in [5, 5.41) is 5.71. The Morgan fingerprint density at radius 1 is 1.12 bits per heavy atom. The Morgan fingerprint density at radius 3 is 2.29 bits per heavy atom. The van der Waals surface area contributed by atoms with Gasteiger partial charge >= 0.3 is 0 Å². The standard InChI is InChI=1S/C18H29N3O2.ClH/c1-4-5-10-20-17(22)15-8-6-14(7-9-15)12-21-18(23)16(19)11-13(2)3;/h6-9,13,16H,4-5,10-12,19H2,1-3H3,(H,20,22)(H,21,23);1H/t16-;/m0./s1. The molecule has 136 valence electrons. The number of hydrogen-bond donors (Lipinski definition) is 3. The van der Waals surface area contributed by atoms with Crippen LogP contribution in [-0.4, -0.2) is 24.4 Å². The van der Waals surface area contributed by atoms with E-state index >= 15 is 0 Å². The van der Waals surface area contributed by atoms with Crippen LogP contribution in [0.3, 0.4) is 0 Å². The van der Waals surface area contributed by atoms with Gasteiger partial charge in [0.2, 0.25) is 5.91 Å². The van der Waals surface area contributed by atoms with Crippen LogP contribution in [0.4, 0.5) is 0 Å². The third-order valence-corrected chi connectivity index (χ3v) is 3.56. The quantitative estimate of drug-likeness (QED) is 0.595. The van der Waals surface area contributed by atoms with E-state index in [1.165, 1.54) is 0 Å². The molecule has 2 amide bonds. The molecule has 0 aliphatic carbocycles. The smallest absolute Gasteiger partial charge is 0.251 e. The first-order valence-electron chi connectivity index (χ1n) is 8.34. The Hall–Kier alpha value is -1.59. The van der Waals surface area contributed by atoms with Crippen molar-refractivity contribution >= 4 is 24.2 Å². The maximum absolute atomic E-state index is 11.9. The Bertz CT molecular complexity index is 503. The van der Waals surface area contributed by atoms with Crippen LogP contribution in [0.1, 0.15) is 56.0 Å². The fourth-order valence-electron chi connectivity index (χ4n) is 2.19. The number of unbranched alkanes of at least 4 members (excludes halogenated alkanes) is 1. The van der Waals surface area contributed by atoms with Gasteiger partial charge in [-0.05, 0) is 36.5 Å². The van der Waals surface area contributed by atoms with Crippen LogP contribution in [0.2, 0.25) is 0 Å². The van der Waals surface area contributed by atoms with Crippen molar-refractivity contribution in [2.24, 2.45) is 11.7 Å². The predicted molar refractivity (Wildman–Crippen MR) is 100 cm³/mol. The van der Waals surface area contributed by atoms with Gasteiger partial charge in [-0.2, -0.15) is 0 Å². The molecule has 0 fully saturated rings. The molecule has 0 radical (unpaired) electrons. The highest BCUT2D eigenvalue weighted by Gasteiger charge is 2.14. The number of rotatable bonds is 9. The van der Waals surface area contributed by atoms with Crippen molar-refractivity contribution in [3.8, 4) is 0 Å². The summed E-state index contributed by atoms with van der Waals surface area (Å²) in [6, 6.07) is 6.78. The fourth-order valence-corrected chi connectivity index (χ4v) is 2.19. The van der Waals surface area contributed by atoms with Crippen molar-refractivity contribution in [2.75, 3.05) is 6.54 Å². The molecule has 0 saturated heterocycles. The predicted octanol–water partition coefficient (Wildman–Crippen LogP) is 2.63. The summed E-state index contributed by atoms with van der Waals surface area (Å²) in [6.07, 6.45) is 2.70. The Morgan fingerprint density at radius 2 is 1.75 bits per heavy atom. The summed E-state index contributed by atoms with van der Waals surface area (Å²) in [4.78, 5) is 23.8. The van der Waals surface area contributed by atoms with Crippen molar-refractivity contribution in [3.05, 3.63) is 35.4 Å². The van der Waals surface area contributed by atoms with Gasteiger partial charge in [0.1, 0.15) is 0 Å². The third-order valence-electron chi connectivity index (χ3n) is 3.56. The molecule has 5 nitrogen and oxygen atoms in total. The minimum absolute atomic E-state index is 0. The first-order valence-corrected chi connectivity index (χ1v) is 8.34. The molecule has 0 spiro atoms. The molecule has 0 heterocycles. The first kappa shape index (κ1) is 22.4. The Kier molecular flexibility index (Phi) is 11.1. The van der Waals surface area contributed by atoms with Crippen molar-refractivity contribution in [3.63, 3.8) is 0 Å². The molecule has 0 aliphatic heterocycles. The minimum Gasteiger partial charge on any atom is -0.352 e. The van der Waals surface area contributed by atoms with E-state index in [0.717, 1.165) is 18.4 Å². The summed E-state index contributed by atoms with van der Waals surface area (Å²) in [5.74, 6) is 0.189. The molecule has 4 N–H and O–H groups in total. The molecular formula is C18H30ClN3O2. The number of halogens is 1. The van der Waals surface area contributed by atoms with Crippen LogP contribution in [0, 0.1) is 5.92 Å². The lowest BCUT2D eigenvalue weighted by Gasteiger charge is -2.14. The van der Waals surface area contributed by atoms with Crippen molar-refractivity contribution in [1.82, 2.24) is 10.6 Å². The van der Waals surface area contributed by atoms with E-state index in [2.05, 4.69) is 17.6 Å². The highest BCUT2D eigenvalue weighted by molar-refractivity contribution is 5.94. The lowest BCUT2D eigenvalue weighted by Crippen LogP contribution is -2.41. The van der Waals surface area contributed by atoms with E-state index in [9.17, 15) is 9.59 Å². The van der Waals surface area contributed by atoms with Crippen LogP contribution in [-0.2, 0) is 11.3 Å². The topological polar surface area (TPSA) is 84.2 Å². The van der Waals surface area contributed by atoms with Crippen LogP contribution in [0.15, 0.2) is 24.3 Å². The van der Waals surface area contributed by atoms with E-state index in [0.29, 0.717) is 31.0 Å². The van der Waals surface area contributed by atoms with Crippen LogP contribution in [0.5, 0.6) is 0 Å². The summed E-state index contributed by atoms with van der Waals surface area (Å²) < 4.78 is 0. The van der Waals surface area contributed by atoms with Gasteiger partial charge in [0, 0.05) is 18.7 Å². The zero-order valence-electron chi connectivity index (χ0n) is 14.8. The van der Waals surface area contributed by atoms with Gasteiger partial charge in [0.15, 0.2) is 0 Å². The molecule has 0 aromatic heterocycles. The molecule has 1 aromatic rings. The molecule has 1 aromatic carbocycles. The second-order valence-electron chi connectivity index (χ2n) is 6.26. The van der Waals surface area contributed by atoms with Crippen LogP contribution >= 0.6 is 12.4 Å². The van der Waals surface area contributed by atoms with E-state index < -0.39 is 6.04 Å². The molecule has 1 atom stereocenters. The lowest BCUT2D eigenvalue weighted by molar-refractivity contribution is -0.122. The average Bonchev–Trinajstić information content (AvgIpc) is 2.52. The molecule has 0 aliphatic rings. The van der Waals surface area contributed by atoms with Gasteiger partial charge in [0.25, 0.3) is 5.91 Å². The third kappa shape index (κ3) is 8.31. The average molecular weight is 356 g/mol. The summed E-state index contributed by atoms with van der Waals surface area (Å²) in [5.41, 5.74) is 7.42. The second-order valence-corrected chi connectivity index (χ2v) is 6.26. The number of nitrogens with two attached hydrogens (primary N) is 1. The van der Waals surface area contributed by atoms with E-state index in [1.807, 2.05) is 26.0 Å². The van der Waals surface area contributed by atoms with Crippen LogP contribution in [0.25, 0.3) is 0 Å². The van der Waals surface area contributed by atoms with E-state index in [-0.39, 0.29) is 24.2 Å². The maximum atomic E-state index is 11.9. The first-order chi connectivity index (χ1) is 10.9. The van der Waals surface area contributed by atoms with Gasteiger partial charge in [-0.15, -0.1) is 12.4 Å². The highest BCUT2D eigenvalue weighted by atomic mass is 35.5. The largest absolute Gasteiger partial charge is 0.352 e. The number of hydrogen-bond acceptors (Lipinski definition) is 3. The van der Waals surface area contributed by atoms with Gasteiger partial charge in [-0.3, -0.25) is 9.59 Å². The number of nitrogens with one attached hydrogen (secondary N) is 2.